The number of carbonyl (C=O) groups is 1. The van der Waals surface area contributed by atoms with Gasteiger partial charge in [0, 0.05) is 47.8 Å². The molecule has 1 aliphatic rings. The van der Waals surface area contributed by atoms with Gasteiger partial charge >= 0.3 is 0 Å². The quantitative estimate of drug-likeness (QED) is 0.369. The number of nitrogens with one attached hydrogen (secondary N) is 2. The van der Waals surface area contributed by atoms with Crippen LogP contribution >= 0.6 is 11.3 Å². The van der Waals surface area contributed by atoms with E-state index in [0.717, 1.165) is 26.9 Å². The molecule has 0 unspecified atom stereocenters. The standard InChI is InChI=1S/C25H28N6O3S/c1-13-19(24(3,4)5)35-23(27-13)30-22(32)25(33)11-17(12-25)29-21-18-10-16(20-28-14(2)34-31-20)7-6-15(18)8-9-26-21/h6-10,17,33H,11-12H2,1-5H3,(H,26,29)(H,27,30,32)/t17-,25-. The lowest BCUT2D eigenvalue weighted by Crippen LogP contribution is -2.57. The zero-order valence-electron chi connectivity index (χ0n) is 20.3. The molecule has 0 saturated heterocycles. The fourth-order valence-corrected chi connectivity index (χ4v) is 5.45. The van der Waals surface area contributed by atoms with Crippen molar-refractivity contribution in [1.82, 2.24) is 20.1 Å². The highest BCUT2D eigenvalue weighted by Crippen LogP contribution is 2.38. The van der Waals surface area contributed by atoms with Crippen molar-refractivity contribution >= 4 is 39.0 Å². The summed E-state index contributed by atoms with van der Waals surface area (Å²) in [7, 11) is 0. The van der Waals surface area contributed by atoms with Gasteiger partial charge in [0.05, 0.1) is 5.69 Å². The van der Waals surface area contributed by atoms with Gasteiger partial charge in [-0.1, -0.05) is 38.1 Å². The van der Waals surface area contributed by atoms with E-state index in [4.69, 9.17) is 4.52 Å². The van der Waals surface area contributed by atoms with Crippen molar-refractivity contribution in [2.45, 2.75) is 64.5 Å². The van der Waals surface area contributed by atoms with Crippen molar-refractivity contribution in [2.24, 2.45) is 0 Å². The Morgan fingerprint density at radius 3 is 2.63 bits per heavy atom. The second-order valence-corrected chi connectivity index (χ2v) is 11.2. The van der Waals surface area contributed by atoms with Crippen LogP contribution in [0.2, 0.25) is 0 Å². The lowest BCUT2D eigenvalue weighted by atomic mass is 9.75. The van der Waals surface area contributed by atoms with Gasteiger partial charge in [-0.3, -0.25) is 10.1 Å². The van der Waals surface area contributed by atoms with E-state index < -0.39 is 11.5 Å². The number of fused-ring (bicyclic) bond motifs is 1. The summed E-state index contributed by atoms with van der Waals surface area (Å²) < 4.78 is 5.10. The van der Waals surface area contributed by atoms with Crippen LogP contribution in [0.3, 0.4) is 0 Å². The number of hydrogen-bond acceptors (Lipinski definition) is 9. The third-order valence-electron chi connectivity index (χ3n) is 6.18. The minimum absolute atomic E-state index is 0.0546. The summed E-state index contributed by atoms with van der Waals surface area (Å²) in [6, 6.07) is 7.72. The molecule has 0 radical (unpaired) electrons. The normalized spacial score (nSPS) is 20.0. The number of anilines is 2. The first-order chi connectivity index (χ1) is 16.5. The molecule has 3 aromatic heterocycles. The first-order valence-electron chi connectivity index (χ1n) is 11.5. The second-order valence-electron chi connectivity index (χ2n) is 10.2. The Bertz CT molecular complexity index is 1410. The number of carbonyl (C=O) groups excluding carboxylic acids is 1. The average Bonchev–Trinajstić information content (AvgIpc) is 3.37. The predicted molar refractivity (Wildman–Crippen MR) is 136 cm³/mol. The van der Waals surface area contributed by atoms with Crippen molar-refractivity contribution in [3.8, 4) is 11.4 Å². The van der Waals surface area contributed by atoms with Gasteiger partial charge in [0.15, 0.2) is 5.13 Å². The molecule has 1 saturated carbocycles. The molecule has 0 aliphatic heterocycles. The number of thiazole rings is 1. The third kappa shape index (κ3) is 4.51. The van der Waals surface area contributed by atoms with Crippen LogP contribution < -0.4 is 10.6 Å². The van der Waals surface area contributed by atoms with Crippen molar-refractivity contribution in [2.75, 3.05) is 10.6 Å². The van der Waals surface area contributed by atoms with Crippen LogP contribution in [-0.4, -0.2) is 42.8 Å². The van der Waals surface area contributed by atoms with Crippen LogP contribution in [0, 0.1) is 13.8 Å². The number of aryl methyl sites for hydroxylation is 2. The predicted octanol–water partition coefficient (Wildman–Crippen LogP) is 4.60. The number of aliphatic hydroxyl groups is 1. The number of pyridine rings is 1. The van der Waals surface area contributed by atoms with E-state index in [1.165, 1.54) is 11.3 Å². The van der Waals surface area contributed by atoms with Gasteiger partial charge in [-0.15, -0.1) is 11.3 Å². The minimum atomic E-state index is -1.45. The number of rotatable bonds is 5. The molecule has 1 fully saturated rings. The number of benzene rings is 1. The van der Waals surface area contributed by atoms with Crippen molar-refractivity contribution in [3.05, 3.63) is 46.9 Å². The molecule has 3 N–H and O–H groups in total. The largest absolute Gasteiger partial charge is 0.380 e. The van der Waals surface area contributed by atoms with Gasteiger partial charge in [0.25, 0.3) is 5.91 Å². The van der Waals surface area contributed by atoms with Gasteiger partial charge in [0.1, 0.15) is 11.4 Å². The molecule has 10 heteroatoms. The summed E-state index contributed by atoms with van der Waals surface area (Å²) in [6.07, 6.45) is 2.28. The molecular weight excluding hydrogens is 464 g/mol. The molecule has 35 heavy (non-hydrogen) atoms. The molecule has 0 spiro atoms. The first kappa shape index (κ1) is 23.4. The Morgan fingerprint density at radius 2 is 1.97 bits per heavy atom. The topological polar surface area (TPSA) is 126 Å². The van der Waals surface area contributed by atoms with Crippen LogP contribution in [-0.2, 0) is 10.2 Å². The van der Waals surface area contributed by atoms with Crippen LogP contribution in [0.5, 0.6) is 0 Å². The maximum atomic E-state index is 12.8. The van der Waals surface area contributed by atoms with E-state index in [1.807, 2.05) is 31.2 Å². The molecule has 0 atom stereocenters. The summed E-state index contributed by atoms with van der Waals surface area (Å²) in [5, 5.41) is 23.5. The average molecular weight is 493 g/mol. The highest BCUT2D eigenvalue weighted by atomic mass is 32.1. The van der Waals surface area contributed by atoms with E-state index in [0.29, 0.717) is 22.7 Å². The molecule has 182 valence electrons. The maximum Gasteiger partial charge on any atom is 0.258 e. The lowest BCUT2D eigenvalue weighted by Gasteiger charge is -2.42. The van der Waals surface area contributed by atoms with Gasteiger partial charge in [-0.2, -0.15) is 4.98 Å². The highest BCUT2D eigenvalue weighted by molar-refractivity contribution is 7.16. The number of aromatic nitrogens is 4. The van der Waals surface area contributed by atoms with E-state index in [1.54, 1.807) is 13.1 Å². The fraction of sp³-hybridized carbons (Fsp3) is 0.400. The van der Waals surface area contributed by atoms with E-state index in [-0.39, 0.29) is 24.3 Å². The lowest BCUT2D eigenvalue weighted by molar-refractivity contribution is -0.143. The Hall–Kier alpha value is -3.37. The maximum absolute atomic E-state index is 12.8. The summed E-state index contributed by atoms with van der Waals surface area (Å²) in [5.74, 6) is 1.27. The fourth-order valence-electron chi connectivity index (χ4n) is 4.43. The number of amides is 1. The zero-order chi connectivity index (χ0) is 25.0. The van der Waals surface area contributed by atoms with Gasteiger partial charge in [-0.05, 0) is 29.9 Å². The minimum Gasteiger partial charge on any atom is -0.380 e. The Morgan fingerprint density at radius 1 is 1.20 bits per heavy atom. The molecule has 9 nitrogen and oxygen atoms in total. The second kappa shape index (κ2) is 8.39. The summed E-state index contributed by atoms with van der Waals surface area (Å²) in [6.45, 7) is 10.0. The van der Waals surface area contributed by atoms with Crippen molar-refractivity contribution in [1.29, 1.82) is 0 Å². The molecule has 0 bridgehead atoms. The van der Waals surface area contributed by atoms with Gasteiger partial charge in [0.2, 0.25) is 11.7 Å². The summed E-state index contributed by atoms with van der Waals surface area (Å²) in [5.41, 5.74) is 0.219. The molecular formula is C25H28N6O3S. The zero-order valence-corrected chi connectivity index (χ0v) is 21.2. The molecule has 1 aliphatic carbocycles. The first-order valence-corrected chi connectivity index (χ1v) is 12.3. The molecule has 5 rings (SSSR count). The number of hydrogen-bond donors (Lipinski definition) is 3. The van der Waals surface area contributed by atoms with Crippen molar-refractivity contribution < 1.29 is 14.4 Å². The SMILES string of the molecule is Cc1nc(-c2ccc3ccnc(N[C@H]4C[C@@](O)(C(=O)Nc5nc(C)c(C(C)(C)C)s5)C4)c3c2)no1. The van der Waals surface area contributed by atoms with E-state index >= 15 is 0 Å². The van der Waals surface area contributed by atoms with Crippen molar-refractivity contribution in [3.63, 3.8) is 0 Å². The smallest absolute Gasteiger partial charge is 0.258 e. The molecule has 1 amide bonds. The third-order valence-corrected chi connectivity index (χ3v) is 7.68. The Balaban J connectivity index is 1.28. The monoisotopic (exact) mass is 492 g/mol. The van der Waals surface area contributed by atoms with Gasteiger partial charge in [-0.25, -0.2) is 9.97 Å². The van der Waals surface area contributed by atoms with E-state index in [9.17, 15) is 9.90 Å². The van der Waals surface area contributed by atoms with E-state index in [2.05, 4.69) is 51.5 Å². The summed E-state index contributed by atoms with van der Waals surface area (Å²) >= 11 is 1.45. The molecule has 3 heterocycles. The van der Waals surface area contributed by atoms with Crippen LogP contribution in [0.1, 0.15) is 50.1 Å². The Labute approximate surface area is 207 Å². The van der Waals surface area contributed by atoms with Crippen LogP contribution in [0.15, 0.2) is 35.0 Å². The molecule has 4 aromatic rings. The highest BCUT2D eigenvalue weighted by Gasteiger charge is 2.49. The molecule has 1 aromatic carbocycles. The van der Waals surface area contributed by atoms with Gasteiger partial charge < -0.3 is 14.9 Å². The van der Waals surface area contributed by atoms with Crippen LogP contribution in [0.25, 0.3) is 22.2 Å². The Kier molecular flexibility index (Phi) is 5.60. The van der Waals surface area contributed by atoms with Crippen LogP contribution in [0.4, 0.5) is 10.9 Å². The summed E-state index contributed by atoms with van der Waals surface area (Å²) in [4.78, 5) is 27.2. The number of nitrogens with zero attached hydrogens (tertiary/aromatic N) is 4.